The van der Waals surface area contributed by atoms with E-state index in [1.54, 1.807) is 0 Å². The number of hydrogen-bond acceptors (Lipinski definition) is 3. The number of halogens is 1. The van der Waals surface area contributed by atoms with Gasteiger partial charge in [-0.25, -0.2) is 9.37 Å². The van der Waals surface area contributed by atoms with Crippen molar-refractivity contribution in [2.45, 2.75) is 25.2 Å². The van der Waals surface area contributed by atoms with E-state index >= 15 is 0 Å². The lowest BCUT2D eigenvalue weighted by Gasteiger charge is -2.24. The number of aromatic nitrogens is 1. The molecule has 0 unspecified atom stereocenters. The number of rotatable bonds is 1. The molecule has 3 heterocycles. The van der Waals surface area contributed by atoms with Crippen LogP contribution in [0, 0.1) is 5.82 Å². The Morgan fingerprint density at radius 3 is 2.88 bits per heavy atom. The van der Waals surface area contributed by atoms with Crippen LogP contribution in [0.25, 0.3) is 0 Å². The Bertz CT molecular complexity index is 469. The minimum absolute atomic E-state index is 0.0896. The van der Waals surface area contributed by atoms with Crippen LogP contribution in [0.5, 0.6) is 0 Å². The summed E-state index contributed by atoms with van der Waals surface area (Å²) in [6.07, 6.45) is 3.32. The summed E-state index contributed by atoms with van der Waals surface area (Å²) < 4.78 is 13.9. The molecule has 0 spiro atoms. The zero-order chi connectivity index (χ0) is 11.8. The van der Waals surface area contributed by atoms with Crippen molar-refractivity contribution in [3.63, 3.8) is 0 Å². The third-order valence-electron chi connectivity index (χ3n) is 3.52. The Balaban J connectivity index is 2.03. The van der Waals surface area contributed by atoms with Gasteiger partial charge >= 0.3 is 0 Å². The molecule has 5 heteroatoms. The Hall–Kier alpha value is -1.49. The first kappa shape index (κ1) is 10.7. The van der Waals surface area contributed by atoms with E-state index < -0.39 is 0 Å². The number of piperidine rings is 1. The van der Waals surface area contributed by atoms with Gasteiger partial charge in [-0.3, -0.25) is 4.79 Å². The number of nitrogens with zero attached hydrogens (tertiary/aromatic N) is 1. The summed E-state index contributed by atoms with van der Waals surface area (Å²) in [6, 6.07) is 0. The van der Waals surface area contributed by atoms with Gasteiger partial charge in [-0.2, -0.15) is 0 Å². The number of pyridine rings is 1. The van der Waals surface area contributed by atoms with E-state index in [-0.39, 0.29) is 24.1 Å². The van der Waals surface area contributed by atoms with Crippen molar-refractivity contribution in [1.29, 1.82) is 0 Å². The first-order chi connectivity index (χ1) is 8.25. The van der Waals surface area contributed by atoms with Gasteiger partial charge < -0.3 is 10.6 Å². The highest BCUT2D eigenvalue weighted by molar-refractivity contribution is 5.98. The molecule has 2 N–H and O–H groups in total. The van der Waals surface area contributed by atoms with Crippen LogP contribution in [0.1, 0.15) is 29.9 Å². The Labute approximate surface area is 98.6 Å². The zero-order valence-corrected chi connectivity index (χ0v) is 9.42. The second-order valence-electron chi connectivity index (χ2n) is 4.60. The van der Waals surface area contributed by atoms with Crippen molar-refractivity contribution in [2.24, 2.45) is 0 Å². The number of hydrogen-bond donors (Lipinski definition) is 2. The average Bonchev–Trinajstić information content (AvgIpc) is 2.70. The SMILES string of the molecule is O=C1Cc2c(ncc(F)c2C2CCNCC2)N1. The topological polar surface area (TPSA) is 54.0 Å². The van der Waals surface area contributed by atoms with Gasteiger partial charge in [0, 0.05) is 11.1 Å². The summed E-state index contributed by atoms with van der Waals surface area (Å²) in [5.74, 6) is 0.395. The number of carbonyl (C=O) groups is 1. The lowest BCUT2D eigenvalue weighted by atomic mass is 9.87. The van der Waals surface area contributed by atoms with Gasteiger partial charge in [0.15, 0.2) is 0 Å². The van der Waals surface area contributed by atoms with E-state index in [9.17, 15) is 9.18 Å². The fourth-order valence-corrected chi connectivity index (χ4v) is 2.72. The number of nitrogens with one attached hydrogen (secondary N) is 2. The number of fused-ring (bicyclic) bond motifs is 1. The van der Waals surface area contributed by atoms with Crippen LogP contribution in [0.2, 0.25) is 0 Å². The molecule has 1 saturated heterocycles. The van der Waals surface area contributed by atoms with Gasteiger partial charge in [0.1, 0.15) is 11.6 Å². The monoisotopic (exact) mass is 235 g/mol. The molecule has 4 nitrogen and oxygen atoms in total. The highest BCUT2D eigenvalue weighted by Gasteiger charge is 2.29. The summed E-state index contributed by atoms with van der Waals surface area (Å²) in [7, 11) is 0. The smallest absolute Gasteiger partial charge is 0.230 e. The number of amides is 1. The van der Waals surface area contributed by atoms with Crippen LogP contribution in [0.4, 0.5) is 10.2 Å². The number of anilines is 1. The Morgan fingerprint density at radius 1 is 1.35 bits per heavy atom. The van der Waals surface area contributed by atoms with E-state index in [4.69, 9.17) is 0 Å². The standard InChI is InChI=1S/C12H14FN3O/c13-9-6-15-12-8(5-10(17)16-12)11(9)7-1-3-14-4-2-7/h6-7,14H,1-5H2,(H,15,16,17). The summed E-state index contributed by atoms with van der Waals surface area (Å²) in [5.41, 5.74) is 1.47. The maximum absolute atomic E-state index is 13.9. The molecule has 0 aromatic carbocycles. The van der Waals surface area contributed by atoms with Crippen LogP contribution in [0.15, 0.2) is 6.20 Å². The van der Waals surface area contributed by atoms with Crippen LogP contribution in [-0.4, -0.2) is 24.0 Å². The van der Waals surface area contributed by atoms with Gasteiger partial charge in [-0.1, -0.05) is 0 Å². The van der Waals surface area contributed by atoms with Gasteiger partial charge in [0.2, 0.25) is 5.91 Å². The van der Waals surface area contributed by atoms with Crippen molar-refractivity contribution >= 4 is 11.7 Å². The van der Waals surface area contributed by atoms with Crippen LogP contribution in [-0.2, 0) is 11.2 Å². The molecule has 0 aliphatic carbocycles. The van der Waals surface area contributed by atoms with Crippen molar-refractivity contribution in [1.82, 2.24) is 10.3 Å². The molecular formula is C12H14FN3O. The summed E-state index contributed by atoms with van der Waals surface area (Å²) in [5, 5.41) is 5.93. The first-order valence-corrected chi connectivity index (χ1v) is 5.93. The Morgan fingerprint density at radius 2 is 2.12 bits per heavy atom. The molecule has 1 fully saturated rings. The molecule has 1 amide bonds. The van der Waals surface area contributed by atoms with Gasteiger partial charge in [0.05, 0.1) is 12.6 Å². The second kappa shape index (κ2) is 4.07. The van der Waals surface area contributed by atoms with Gasteiger partial charge in [-0.05, 0) is 31.8 Å². The van der Waals surface area contributed by atoms with Crippen molar-refractivity contribution < 1.29 is 9.18 Å². The van der Waals surface area contributed by atoms with E-state index in [0.717, 1.165) is 31.5 Å². The molecule has 0 atom stereocenters. The molecular weight excluding hydrogens is 221 g/mol. The molecule has 1 aromatic rings. The maximum Gasteiger partial charge on any atom is 0.230 e. The van der Waals surface area contributed by atoms with Crippen LogP contribution in [0.3, 0.4) is 0 Å². The highest BCUT2D eigenvalue weighted by Crippen LogP contribution is 2.35. The molecule has 0 saturated carbocycles. The fraction of sp³-hybridized carbons (Fsp3) is 0.500. The number of carbonyl (C=O) groups excluding carboxylic acids is 1. The highest BCUT2D eigenvalue weighted by atomic mass is 19.1. The van der Waals surface area contributed by atoms with E-state index in [1.165, 1.54) is 6.20 Å². The minimum atomic E-state index is -0.271. The minimum Gasteiger partial charge on any atom is -0.317 e. The summed E-state index contributed by atoms with van der Waals surface area (Å²) in [6.45, 7) is 1.81. The summed E-state index contributed by atoms with van der Waals surface area (Å²) in [4.78, 5) is 15.3. The molecule has 0 bridgehead atoms. The van der Waals surface area contributed by atoms with E-state index in [2.05, 4.69) is 15.6 Å². The maximum atomic E-state index is 13.9. The molecule has 0 radical (unpaired) electrons. The molecule has 90 valence electrons. The second-order valence-corrected chi connectivity index (χ2v) is 4.60. The lowest BCUT2D eigenvalue weighted by Crippen LogP contribution is -2.27. The third kappa shape index (κ3) is 1.80. The molecule has 1 aromatic heterocycles. The normalized spacial score (nSPS) is 20.2. The molecule has 17 heavy (non-hydrogen) atoms. The molecule has 2 aliphatic rings. The molecule has 3 rings (SSSR count). The predicted molar refractivity (Wildman–Crippen MR) is 61.4 cm³/mol. The van der Waals surface area contributed by atoms with Crippen molar-refractivity contribution in [2.75, 3.05) is 18.4 Å². The van der Waals surface area contributed by atoms with Crippen LogP contribution >= 0.6 is 0 Å². The Kier molecular flexibility index (Phi) is 2.55. The average molecular weight is 235 g/mol. The lowest BCUT2D eigenvalue weighted by molar-refractivity contribution is -0.115. The third-order valence-corrected chi connectivity index (χ3v) is 3.52. The zero-order valence-electron chi connectivity index (χ0n) is 9.42. The van der Waals surface area contributed by atoms with Crippen molar-refractivity contribution in [3.05, 3.63) is 23.1 Å². The van der Waals surface area contributed by atoms with E-state index in [0.29, 0.717) is 11.4 Å². The van der Waals surface area contributed by atoms with Gasteiger partial charge in [-0.15, -0.1) is 0 Å². The molecule has 2 aliphatic heterocycles. The predicted octanol–water partition coefficient (Wildman–Crippen LogP) is 1.18. The van der Waals surface area contributed by atoms with E-state index in [1.807, 2.05) is 0 Å². The van der Waals surface area contributed by atoms with Crippen LogP contribution < -0.4 is 10.6 Å². The van der Waals surface area contributed by atoms with Gasteiger partial charge in [0.25, 0.3) is 0 Å². The first-order valence-electron chi connectivity index (χ1n) is 5.93. The fourth-order valence-electron chi connectivity index (χ4n) is 2.72. The largest absolute Gasteiger partial charge is 0.317 e. The van der Waals surface area contributed by atoms with Crippen molar-refractivity contribution in [3.8, 4) is 0 Å². The quantitative estimate of drug-likeness (QED) is 0.768. The summed E-state index contributed by atoms with van der Waals surface area (Å²) >= 11 is 0.